The molecule has 2 atom stereocenters. The maximum Gasteiger partial charge on any atom is 0.299 e. The number of ether oxygens (including phenoxy) is 1. The molecule has 0 bridgehead atoms. The Bertz CT molecular complexity index is 1000. The smallest absolute Gasteiger partial charge is 0.299 e. The number of sulfonamides is 1. The van der Waals surface area contributed by atoms with Gasteiger partial charge in [-0.05, 0) is 45.2 Å². The molecule has 0 saturated carbocycles. The maximum absolute atomic E-state index is 13.4. The SMILES string of the molecule is Cc1cccc(C2(C)C(C)(C)OC(=N[C@@H](CCO)c3ccccc3)NS2(=O)=O)c1. The van der Waals surface area contributed by atoms with Crippen molar-refractivity contribution in [3.8, 4) is 0 Å². The van der Waals surface area contributed by atoms with E-state index in [1.54, 1.807) is 26.8 Å². The average Bonchev–Trinajstić information content (AvgIpc) is 2.66. The molecule has 0 aromatic heterocycles. The van der Waals surface area contributed by atoms with Gasteiger partial charge in [-0.25, -0.2) is 18.1 Å². The van der Waals surface area contributed by atoms with Gasteiger partial charge >= 0.3 is 0 Å². The first-order valence-corrected chi connectivity index (χ1v) is 11.1. The van der Waals surface area contributed by atoms with Gasteiger partial charge in [0.05, 0.1) is 6.04 Å². The lowest BCUT2D eigenvalue weighted by molar-refractivity contribution is 0.0381. The lowest BCUT2D eigenvalue weighted by Gasteiger charge is -2.47. The number of hydrogen-bond acceptors (Lipinski definition) is 5. The summed E-state index contributed by atoms with van der Waals surface area (Å²) in [6.45, 7) is 7.03. The third-order valence-corrected chi connectivity index (χ3v) is 7.93. The number of aliphatic hydroxyl groups excluding tert-OH is 1. The molecule has 1 aliphatic rings. The fourth-order valence-electron chi connectivity index (χ4n) is 3.64. The molecular weight excluding hydrogens is 388 g/mol. The predicted octanol–water partition coefficient (Wildman–Crippen LogP) is 3.42. The minimum atomic E-state index is -3.86. The fourth-order valence-corrected chi connectivity index (χ4v) is 5.30. The molecule has 1 unspecified atom stereocenters. The van der Waals surface area contributed by atoms with Gasteiger partial charge in [0.25, 0.3) is 6.02 Å². The van der Waals surface area contributed by atoms with E-state index in [-0.39, 0.29) is 12.6 Å². The molecule has 3 rings (SSSR count). The maximum atomic E-state index is 13.4. The Kier molecular flexibility index (Phi) is 5.74. The largest absolute Gasteiger partial charge is 0.456 e. The minimum absolute atomic E-state index is 0.0533. The summed E-state index contributed by atoms with van der Waals surface area (Å²) in [5.41, 5.74) is 1.43. The quantitative estimate of drug-likeness (QED) is 0.782. The van der Waals surface area contributed by atoms with Gasteiger partial charge in [-0.2, -0.15) is 0 Å². The molecule has 29 heavy (non-hydrogen) atoms. The van der Waals surface area contributed by atoms with Crippen LogP contribution in [0.4, 0.5) is 0 Å². The first-order valence-electron chi connectivity index (χ1n) is 9.63. The number of nitrogens with one attached hydrogen (secondary N) is 1. The Morgan fingerprint density at radius 3 is 2.38 bits per heavy atom. The number of rotatable bonds is 5. The van der Waals surface area contributed by atoms with E-state index >= 15 is 0 Å². The van der Waals surface area contributed by atoms with E-state index in [2.05, 4.69) is 9.71 Å². The van der Waals surface area contributed by atoms with Gasteiger partial charge in [0.2, 0.25) is 10.0 Å². The highest BCUT2D eigenvalue weighted by atomic mass is 32.2. The first-order chi connectivity index (χ1) is 13.6. The van der Waals surface area contributed by atoms with Gasteiger partial charge in [-0.3, -0.25) is 0 Å². The highest BCUT2D eigenvalue weighted by molar-refractivity contribution is 7.91. The first kappa shape index (κ1) is 21.3. The van der Waals surface area contributed by atoms with Gasteiger partial charge in [-0.15, -0.1) is 0 Å². The van der Waals surface area contributed by atoms with Gasteiger partial charge in [0.15, 0.2) is 4.75 Å². The van der Waals surface area contributed by atoms with Crippen molar-refractivity contribution in [3.05, 3.63) is 71.3 Å². The van der Waals surface area contributed by atoms with Crippen LogP contribution in [0.3, 0.4) is 0 Å². The predicted molar refractivity (Wildman–Crippen MR) is 114 cm³/mol. The van der Waals surface area contributed by atoms with E-state index in [1.165, 1.54) is 0 Å². The zero-order valence-electron chi connectivity index (χ0n) is 17.2. The number of aliphatic hydroxyl groups is 1. The minimum Gasteiger partial charge on any atom is -0.456 e. The molecular formula is C22H28N2O4S. The van der Waals surface area contributed by atoms with E-state index in [0.717, 1.165) is 11.1 Å². The molecule has 0 radical (unpaired) electrons. The molecule has 0 spiro atoms. The Balaban J connectivity index is 2.03. The lowest BCUT2D eigenvalue weighted by Crippen LogP contribution is -2.63. The Hall–Kier alpha value is -2.38. The Labute approximate surface area is 172 Å². The van der Waals surface area contributed by atoms with Crippen LogP contribution in [0.25, 0.3) is 0 Å². The summed E-state index contributed by atoms with van der Waals surface area (Å²) >= 11 is 0. The second-order valence-corrected chi connectivity index (χ2v) is 10.0. The van der Waals surface area contributed by atoms with Crippen LogP contribution in [0.15, 0.2) is 59.6 Å². The van der Waals surface area contributed by atoms with E-state index in [4.69, 9.17) is 4.74 Å². The van der Waals surface area contributed by atoms with E-state index in [1.807, 2.05) is 55.5 Å². The molecule has 2 N–H and O–H groups in total. The summed E-state index contributed by atoms with van der Waals surface area (Å²) in [4.78, 5) is 4.51. The van der Waals surface area contributed by atoms with E-state index in [9.17, 15) is 13.5 Å². The molecule has 0 aliphatic carbocycles. The third-order valence-electron chi connectivity index (χ3n) is 5.69. The number of hydrogen-bond donors (Lipinski definition) is 2. The molecule has 1 fully saturated rings. The van der Waals surface area contributed by atoms with Gasteiger partial charge in [0.1, 0.15) is 5.60 Å². The highest BCUT2D eigenvalue weighted by Gasteiger charge is 2.59. The van der Waals surface area contributed by atoms with Gasteiger partial charge in [-0.1, -0.05) is 60.2 Å². The number of nitrogens with zero attached hydrogens (tertiary/aromatic N) is 1. The molecule has 2 aromatic carbocycles. The molecule has 0 amide bonds. The third kappa shape index (κ3) is 3.89. The van der Waals surface area contributed by atoms with Crippen LogP contribution in [-0.2, 0) is 19.5 Å². The molecule has 156 valence electrons. The number of aliphatic imine (C=N–C) groups is 1. The van der Waals surface area contributed by atoms with Crippen LogP contribution in [0, 0.1) is 6.92 Å². The van der Waals surface area contributed by atoms with Crippen LogP contribution >= 0.6 is 0 Å². The van der Waals surface area contributed by atoms with Gasteiger partial charge in [0, 0.05) is 6.61 Å². The lowest BCUT2D eigenvalue weighted by atomic mass is 9.84. The zero-order valence-corrected chi connectivity index (χ0v) is 18.0. The molecule has 7 heteroatoms. The second-order valence-electron chi connectivity index (χ2n) is 7.99. The summed E-state index contributed by atoms with van der Waals surface area (Å²) in [6, 6.07) is 16.4. The molecule has 1 aliphatic heterocycles. The molecule has 1 heterocycles. The molecule has 1 saturated heterocycles. The number of aryl methyl sites for hydroxylation is 1. The van der Waals surface area contributed by atoms with Gasteiger partial charge < -0.3 is 9.84 Å². The fraction of sp³-hybridized carbons (Fsp3) is 0.409. The monoisotopic (exact) mass is 416 g/mol. The summed E-state index contributed by atoms with van der Waals surface area (Å²) in [5, 5.41) is 9.44. The van der Waals surface area contributed by atoms with Crippen LogP contribution in [0.2, 0.25) is 0 Å². The summed E-state index contributed by atoms with van der Waals surface area (Å²) < 4.78 is 34.1. The van der Waals surface area contributed by atoms with Crippen molar-refractivity contribution in [1.29, 1.82) is 0 Å². The summed E-state index contributed by atoms with van der Waals surface area (Å²) in [6.07, 6.45) is 0.355. The normalized spacial score (nSPS) is 25.1. The Morgan fingerprint density at radius 1 is 1.10 bits per heavy atom. The van der Waals surface area contributed by atoms with Crippen molar-refractivity contribution in [2.75, 3.05) is 6.61 Å². The number of benzene rings is 2. The van der Waals surface area contributed by atoms with Crippen molar-refractivity contribution in [2.24, 2.45) is 4.99 Å². The van der Waals surface area contributed by atoms with Crippen molar-refractivity contribution >= 4 is 16.0 Å². The molecule has 6 nitrogen and oxygen atoms in total. The van der Waals surface area contributed by atoms with E-state index < -0.39 is 26.4 Å². The van der Waals surface area contributed by atoms with Crippen LogP contribution in [0.1, 0.15) is 49.9 Å². The standard InChI is InChI=1S/C22H28N2O4S/c1-16-9-8-12-18(15-16)22(4)21(2,3)28-20(24-29(22,26)27)23-19(13-14-25)17-10-6-5-7-11-17/h5-12,15,19,25H,13-14H2,1-4H3,(H,23,24)/t19-,22?/m0/s1. The van der Waals surface area contributed by atoms with Crippen molar-refractivity contribution in [3.63, 3.8) is 0 Å². The topological polar surface area (TPSA) is 88.0 Å². The van der Waals surface area contributed by atoms with E-state index in [0.29, 0.717) is 12.0 Å². The summed E-state index contributed by atoms with van der Waals surface area (Å²) in [5.74, 6) is 0. The zero-order chi connectivity index (χ0) is 21.3. The average molecular weight is 417 g/mol. The number of amidine groups is 1. The van der Waals surface area contributed by atoms with Crippen LogP contribution < -0.4 is 4.72 Å². The van der Waals surface area contributed by atoms with Crippen molar-refractivity contribution in [2.45, 2.75) is 50.5 Å². The van der Waals surface area contributed by atoms with Crippen molar-refractivity contribution in [1.82, 2.24) is 4.72 Å². The van der Waals surface area contributed by atoms with Crippen molar-refractivity contribution < 1.29 is 18.3 Å². The second kappa shape index (κ2) is 7.80. The highest BCUT2D eigenvalue weighted by Crippen LogP contribution is 2.45. The Morgan fingerprint density at radius 2 is 1.79 bits per heavy atom. The van der Waals surface area contributed by atoms with Crippen LogP contribution in [0.5, 0.6) is 0 Å². The summed E-state index contributed by atoms with van der Waals surface area (Å²) in [7, 11) is -3.86. The van der Waals surface area contributed by atoms with Crippen LogP contribution in [-0.4, -0.2) is 31.8 Å². The molecule has 2 aromatic rings.